The Bertz CT molecular complexity index is 973. The molecule has 0 atom stereocenters. The molecule has 144 valence electrons. The Hall–Kier alpha value is -2.70. The maximum absolute atomic E-state index is 12.6. The van der Waals surface area contributed by atoms with Gasteiger partial charge in [0.05, 0.1) is 0 Å². The minimum absolute atomic E-state index is 0.0673. The van der Waals surface area contributed by atoms with E-state index in [2.05, 4.69) is 4.98 Å². The van der Waals surface area contributed by atoms with Gasteiger partial charge in [-0.15, -0.1) is 11.3 Å². The molecule has 0 saturated carbocycles. The molecule has 0 saturated heterocycles. The third kappa shape index (κ3) is 4.77. The number of hydrogen-bond acceptors (Lipinski definition) is 5. The van der Waals surface area contributed by atoms with E-state index in [0.717, 1.165) is 11.3 Å². The van der Waals surface area contributed by atoms with Crippen LogP contribution in [-0.4, -0.2) is 29.5 Å². The average molecular weight is 415 g/mol. The van der Waals surface area contributed by atoms with Gasteiger partial charge in [-0.3, -0.25) is 4.79 Å². The van der Waals surface area contributed by atoms with Crippen molar-refractivity contribution >= 4 is 40.5 Å². The largest absolute Gasteiger partial charge is 0.451 e. The van der Waals surface area contributed by atoms with Crippen LogP contribution in [0.15, 0.2) is 60.0 Å². The summed E-state index contributed by atoms with van der Waals surface area (Å²) in [6, 6.07) is 16.5. The topological polar surface area (TPSA) is 59.5 Å². The number of carbonyl (C=O) groups is 2. The van der Waals surface area contributed by atoms with Crippen molar-refractivity contribution in [1.82, 2.24) is 4.98 Å². The predicted molar refractivity (Wildman–Crippen MR) is 112 cm³/mol. The molecule has 0 aliphatic heterocycles. The molecule has 1 amide bonds. The summed E-state index contributed by atoms with van der Waals surface area (Å²) in [6.45, 7) is 3.46. The van der Waals surface area contributed by atoms with Crippen LogP contribution in [0.5, 0.6) is 0 Å². The SMILES string of the molecule is CC(C)N(C(=O)COC(=O)c1csc(-c2cccc(Cl)c2)n1)c1ccccc1. The molecule has 0 aliphatic rings. The van der Waals surface area contributed by atoms with Gasteiger partial charge in [0.2, 0.25) is 0 Å². The number of halogens is 1. The smallest absolute Gasteiger partial charge is 0.358 e. The van der Waals surface area contributed by atoms with E-state index in [4.69, 9.17) is 16.3 Å². The zero-order valence-corrected chi connectivity index (χ0v) is 17.0. The van der Waals surface area contributed by atoms with Gasteiger partial charge in [-0.05, 0) is 38.1 Å². The molecule has 3 aromatic rings. The number of amides is 1. The maximum Gasteiger partial charge on any atom is 0.358 e. The summed E-state index contributed by atoms with van der Waals surface area (Å²) in [7, 11) is 0. The number of aromatic nitrogens is 1. The van der Waals surface area contributed by atoms with Gasteiger partial charge < -0.3 is 9.64 Å². The highest BCUT2D eigenvalue weighted by atomic mass is 35.5. The Labute approximate surface area is 172 Å². The van der Waals surface area contributed by atoms with Gasteiger partial charge in [0.1, 0.15) is 5.01 Å². The van der Waals surface area contributed by atoms with Gasteiger partial charge in [-0.25, -0.2) is 9.78 Å². The monoisotopic (exact) mass is 414 g/mol. The van der Waals surface area contributed by atoms with Crippen molar-refractivity contribution < 1.29 is 14.3 Å². The van der Waals surface area contributed by atoms with Crippen molar-refractivity contribution in [2.24, 2.45) is 0 Å². The lowest BCUT2D eigenvalue weighted by atomic mass is 10.2. The van der Waals surface area contributed by atoms with Crippen molar-refractivity contribution in [2.45, 2.75) is 19.9 Å². The van der Waals surface area contributed by atoms with Crippen molar-refractivity contribution in [3.05, 3.63) is 70.7 Å². The number of rotatable bonds is 6. The third-order valence-electron chi connectivity index (χ3n) is 3.93. The van der Waals surface area contributed by atoms with E-state index in [0.29, 0.717) is 10.0 Å². The number of nitrogens with zero attached hydrogens (tertiary/aromatic N) is 2. The maximum atomic E-state index is 12.6. The van der Waals surface area contributed by atoms with Gasteiger partial charge >= 0.3 is 5.97 Å². The molecule has 0 unspecified atom stereocenters. The first-order valence-electron chi connectivity index (χ1n) is 8.71. The minimum atomic E-state index is -0.630. The molecular weight excluding hydrogens is 396 g/mol. The molecule has 0 aliphatic carbocycles. The molecule has 5 nitrogen and oxygen atoms in total. The summed E-state index contributed by atoms with van der Waals surface area (Å²) >= 11 is 7.31. The van der Waals surface area contributed by atoms with Crippen LogP contribution in [0.3, 0.4) is 0 Å². The molecule has 0 radical (unpaired) electrons. The molecule has 7 heteroatoms. The van der Waals surface area contributed by atoms with Crippen LogP contribution in [-0.2, 0) is 9.53 Å². The molecule has 2 aromatic carbocycles. The minimum Gasteiger partial charge on any atom is -0.451 e. The normalized spacial score (nSPS) is 10.7. The van der Waals surface area contributed by atoms with E-state index in [-0.39, 0.29) is 24.2 Å². The quantitative estimate of drug-likeness (QED) is 0.529. The number of anilines is 1. The van der Waals surface area contributed by atoms with Gasteiger partial charge in [0, 0.05) is 27.7 Å². The van der Waals surface area contributed by atoms with Crippen LogP contribution in [0.1, 0.15) is 24.3 Å². The molecule has 28 heavy (non-hydrogen) atoms. The molecule has 0 spiro atoms. The highest BCUT2D eigenvalue weighted by Gasteiger charge is 2.21. The molecule has 1 heterocycles. The summed E-state index contributed by atoms with van der Waals surface area (Å²) in [5, 5.41) is 2.87. The number of hydrogen-bond donors (Lipinski definition) is 0. The van der Waals surface area contributed by atoms with E-state index < -0.39 is 5.97 Å². The second-order valence-corrected chi connectivity index (χ2v) is 7.61. The van der Waals surface area contributed by atoms with E-state index in [1.807, 2.05) is 56.3 Å². The number of benzene rings is 2. The summed E-state index contributed by atoms with van der Waals surface area (Å²) in [4.78, 5) is 30.8. The number of carbonyl (C=O) groups excluding carboxylic acids is 2. The van der Waals surface area contributed by atoms with E-state index in [1.165, 1.54) is 11.3 Å². The van der Waals surface area contributed by atoms with Crippen LogP contribution in [0.4, 0.5) is 5.69 Å². The number of ether oxygens (including phenoxy) is 1. The van der Waals surface area contributed by atoms with Gasteiger partial charge in [0.25, 0.3) is 5.91 Å². The first kappa shape index (κ1) is 20.0. The first-order valence-corrected chi connectivity index (χ1v) is 9.97. The second kappa shape index (κ2) is 8.99. The second-order valence-electron chi connectivity index (χ2n) is 6.32. The lowest BCUT2D eigenvalue weighted by Crippen LogP contribution is -2.39. The highest BCUT2D eigenvalue weighted by molar-refractivity contribution is 7.13. The van der Waals surface area contributed by atoms with Gasteiger partial charge in [0.15, 0.2) is 12.3 Å². The van der Waals surface area contributed by atoms with Crippen LogP contribution in [0, 0.1) is 0 Å². The van der Waals surface area contributed by atoms with E-state index in [9.17, 15) is 9.59 Å². The summed E-state index contributed by atoms with van der Waals surface area (Å²) in [5.41, 5.74) is 1.75. The number of para-hydroxylation sites is 1. The fourth-order valence-corrected chi connectivity index (χ4v) is 3.69. The zero-order chi connectivity index (χ0) is 20.1. The first-order chi connectivity index (χ1) is 13.5. The van der Waals surface area contributed by atoms with Gasteiger partial charge in [-0.1, -0.05) is 41.9 Å². The van der Waals surface area contributed by atoms with Gasteiger partial charge in [-0.2, -0.15) is 0 Å². The fourth-order valence-electron chi connectivity index (χ4n) is 2.71. The third-order valence-corrected chi connectivity index (χ3v) is 5.06. The Kier molecular flexibility index (Phi) is 6.44. The Balaban J connectivity index is 1.66. The summed E-state index contributed by atoms with van der Waals surface area (Å²) < 4.78 is 5.20. The standard InChI is InChI=1S/C21H19ClN2O3S/c1-14(2)24(17-9-4-3-5-10-17)19(25)12-27-21(26)18-13-28-20(23-18)15-7-6-8-16(22)11-15/h3-11,13-14H,12H2,1-2H3. The highest BCUT2D eigenvalue weighted by Crippen LogP contribution is 2.26. The number of esters is 1. The van der Waals surface area contributed by atoms with Crippen molar-refractivity contribution in [3.63, 3.8) is 0 Å². The Morgan fingerprint density at radius 2 is 1.89 bits per heavy atom. The molecule has 3 rings (SSSR count). The molecule has 0 fully saturated rings. The lowest BCUT2D eigenvalue weighted by Gasteiger charge is -2.26. The number of thiazole rings is 1. The molecule has 0 N–H and O–H groups in total. The van der Waals surface area contributed by atoms with Crippen LogP contribution < -0.4 is 4.90 Å². The van der Waals surface area contributed by atoms with Crippen molar-refractivity contribution in [1.29, 1.82) is 0 Å². The summed E-state index contributed by atoms with van der Waals surface area (Å²) in [6.07, 6.45) is 0. The van der Waals surface area contributed by atoms with E-state index >= 15 is 0 Å². The zero-order valence-electron chi connectivity index (χ0n) is 15.5. The lowest BCUT2D eigenvalue weighted by molar-refractivity contribution is -0.122. The van der Waals surface area contributed by atoms with Crippen molar-refractivity contribution in [3.8, 4) is 10.6 Å². The predicted octanol–water partition coefficient (Wildman–Crippen LogP) is 5.06. The van der Waals surface area contributed by atoms with Crippen LogP contribution in [0.25, 0.3) is 10.6 Å². The van der Waals surface area contributed by atoms with Crippen molar-refractivity contribution in [2.75, 3.05) is 11.5 Å². The summed E-state index contributed by atoms with van der Waals surface area (Å²) in [5.74, 6) is -0.922. The van der Waals surface area contributed by atoms with E-state index in [1.54, 1.807) is 22.4 Å². The molecule has 0 bridgehead atoms. The average Bonchev–Trinajstić information content (AvgIpc) is 3.17. The van der Waals surface area contributed by atoms with Crippen LogP contribution in [0.2, 0.25) is 5.02 Å². The fraction of sp³-hybridized carbons (Fsp3) is 0.190. The van der Waals surface area contributed by atoms with Crippen LogP contribution >= 0.6 is 22.9 Å². The molecule has 1 aromatic heterocycles. The molecular formula is C21H19ClN2O3S. The Morgan fingerprint density at radius 3 is 2.57 bits per heavy atom. The Morgan fingerprint density at radius 1 is 1.14 bits per heavy atom.